The molecule has 1 aromatic heterocycles. The molecule has 5 rings (SSSR count). The van der Waals surface area contributed by atoms with Crippen LogP contribution in [0.2, 0.25) is 0 Å². The molecule has 0 spiro atoms. The Morgan fingerprint density at radius 2 is 1.78 bits per heavy atom. The Hall–Kier alpha value is -2.28. The van der Waals surface area contributed by atoms with Gasteiger partial charge in [-0.3, -0.25) is 10.1 Å². The van der Waals surface area contributed by atoms with E-state index in [1.54, 1.807) is 11.8 Å². The zero-order valence-corrected chi connectivity index (χ0v) is 16.6. The fourth-order valence-electron chi connectivity index (χ4n) is 5.75. The van der Waals surface area contributed by atoms with Gasteiger partial charge in [0.15, 0.2) is 5.58 Å². The third-order valence-electron chi connectivity index (χ3n) is 7.34. The van der Waals surface area contributed by atoms with E-state index in [1.165, 1.54) is 6.07 Å². The second-order valence-electron chi connectivity index (χ2n) is 8.42. The van der Waals surface area contributed by atoms with Gasteiger partial charge in [0.1, 0.15) is 0 Å². The summed E-state index contributed by atoms with van der Waals surface area (Å²) in [5.41, 5.74) is 1.89. The van der Waals surface area contributed by atoms with Crippen molar-refractivity contribution < 1.29 is 14.0 Å². The van der Waals surface area contributed by atoms with Crippen LogP contribution < -0.4 is 16.3 Å². The summed E-state index contributed by atoms with van der Waals surface area (Å²) in [6.45, 7) is 10.0. The standard InChI is InChI=1S/C20H20N2O4S/c1-8-7-11(23)26-13-10(8)6-9(2)12-14(13)27-20(5)15-18(3,19(12,20)4)16(24)22-17(25)21-15/h6-7,15H,1-5H3,(H2,21,22,24,25)/t15-,18-,19+,20-/m0/s1. The van der Waals surface area contributed by atoms with Crippen LogP contribution in [0.25, 0.3) is 11.0 Å². The summed E-state index contributed by atoms with van der Waals surface area (Å²) in [6.07, 6.45) is 0. The van der Waals surface area contributed by atoms with E-state index in [0.717, 1.165) is 27.0 Å². The molecule has 27 heavy (non-hydrogen) atoms. The molecule has 3 aliphatic rings. The van der Waals surface area contributed by atoms with Gasteiger partial charge in [0.2, 0.25) is 5.91 Å². The number of thioether (sulfide) groups is 1. The number of nitrogens with one attached hydrogen (secondary N) is 2. The molecule has 1 saturated carbocycles. The fourth-order valence-corrected chi connectivity index (χ4v) is 7.82. The van der Waals surface area contributed by atoms with E-state index in [4.69, 9.17) is 4.42 Å². The molecular weight excluding hydrogens is 364 g/mol. The van der Waals surface area contributed by atoms with Crippen LogP contribution in [0.15, 0.2) is 26.2 Å². The van der Waals surface area contributed by atoms with Crippen molar-refractivity contribution in [3.8, 4) is 0 Å². The lowest BCUT2D eigenvalue weighted by molar-refractivity contribution is -0.153. The molecule has 2 aliphatic heterocycles. The quantitative estimate of drug-likeness (QED) is 0.682. The summed E-state index contributed by atoms with van der Waals surface area (Å²) >= 11 is 1.61. The van der Waals surface area contributed by atoms with E-state index in [9.17, 15) is 14.4 Å². The van der Waals surface area contributed by atoms with Gasteiger partial charge in [-0.2, -0.15) is 0 Å². The molecule has 0 radical (unpaired) electrons. The van der Waals surface area contributed by atoms with Crippen molar-refractivity contribution in [1.29, 1.82) is 0 Å². The number of fused-ring (bicyclic) bond motifs is 8. The molecule has 1 saturated heterocycles. The Bertz CT molecular complexity index is 1150. The van der Waals surface area contributed by atoms with Crippen molar-refractivity contribution in [3.05, 3.63) is 39.2 Å². The van der Waals surface area contributed by atoms with Gasteiger partial charge in [-0.1, -0.05) is 6.92 Å². The van der Waals surface area contributed by atoms with Gasteiger partial charge in [-0.25, -0.2) is 9.59 Å². The molecule has 7 heteroatoms. The van der Waals surface area contributed by atoms with Crippen molar-refractivity contribution >= 4 is 34.7 Å². The smallest absolute Gasteiger partial charge is 0.336 e. The SMILES string of the molecule is Cc1cc2c(C)cc(=O)oc2c2c1[C@@]1(C)[C@@](C)(S2)[C@H]2NC(=O)NC(=O)[C@]21C. The van der Waals surface area contributed by atoms with Gasteiger partial charge in [-0.15, -0.1) is 11.8 Å². The van der Waals surface area contributed by atoms with E-state index in [1.807, 2.05) is 26.8 Å². The molecule has 1 aromatic carbocycles. The highest BCUT2D eigenvalue weighted by Crippen LogP contribution is 2.76. The van der Waals surface area contributed by atoms with E-state index in [0.29, 0.717) is 5.58 Å². The topological polar surface area (TPSA) is 88.4 Å². The van der Waals surface area contributed by atoms with Gasteiger partial charge in [0.05, 0.1) is 16.4 Å². The Morgan fingerprint density at radius 1 is 1.07 bits per heavy atom. The van der Waals surface area contributed by atoms with Gasteiger partial charge in [0, 0.05) is 21.6 Å². The lowest BCUT2D eigenvalue weighted by Gasteiger charge is -2.70. The van der Waals surface area contributed by atoms with Crippen LogP contribution in [0.5, 0.6) is 0 Å². The third-order valence-corrected chi connectivity index (χ3v) is 9.00. The molecule has 140 valence electrons. The third kappa shape index (κ3) is 1.56. The van der Waals surface area contributed by atoms with Crippen LogP contribution in [-0.2, 0) is 10.2 Å². The Labute approximate surface area is 160 Å². The first-order chi connectivity index (χ1) is 12.6. The predicted molar refractivity (Wildman–Crippen MR) is 102 cm³/mol. The molecule has 2 aromatic rings. The van der Waals surface area contributed by atoms with Crippen molar-refractivity contribution in [3.63, 3.8) is 0 Å². The summed E-state index contributed by atoms with van der Waals surface area (Å²) in [7, 11) is 0. The van der Waals surface area contributed by atoms with Crippen LogP contribution in [0, 0.1) is 19.3 Å². The van der Waals surface area contributed by atoms with Crippen molar-refractivity contribution in [2.24, 2.45) is 5.41 Å². The van der Waals surface area contributed by atoms with Crippen LogP contribution in [0.1, 0.15) is 37.5 Å². The maximum absolute atomic E-state index is 12.9. The maximum Gasteiger partial charge on any atom is 0.336 e. The Morgan fingerprint density at radius 3 is 2.48 bits per heavy atom. The number of hydrogen-bond donors (Lipinski definition) is 2. The molecule has 0 unspecified atom stereocenters. The Balaban J connectivity index is 1.87. The monoisotopic (exact) mass is 384 g/mol. The van der Waals surface area contributed by atoms with E-state index < -0.39 is 21.6 Å². The molecule has 0 bridgehead atoms. The lowest BCUT2D eigenvalue weighted by Crippen LogP contribution is -2.87. The number of hydrogen-bond acceptors (Lipinski definition) is 5. The minimum Gasteiger partial charge on any atom is -0.421 e. The maximum atomic E-state index is 12.9. The van der Waals surface area contributed by atoms with Gasteiger partial charge < -0.3 is 9.73 Å². The second kappa shape index (κ2) is 4.58. The first-order valence-corrected chi connectivity index (χ1v) is 9.77. The number of imide groups is 1. The minimum absolute atomic E-state index is 0.255. The number of aryl methyl sites for hydroxylation is 2. The average molecular weight is 384 g/mol. The van der Waals surface area contributed by atoms with E-state index >= 15 is 0 Å². The number of rotatable bonds is 0. The molecule has 2 fully saturated rings. The highest BCUT2D eigenvalue weighted by molar-refractivity contribution is 8.01. The number of carbonyl (C=O) groups excluding carboxylic acids is 2. The summed E-state index contributed by atoms with van der Waals surface area (Å²) in [5, 5.41) is 6.32. The number of carbonyl (C=O) groups is 2. The van der Waals surface area contributed by atoms with Crippen molar-refractivity contribution in [2.45, 2.75) is 55.7 Å². The van der Waals surface area contributed by atoms with Crippen molar-refractivity contribution in [2.75, 3.05) is 0 Å². The van der Waals surface area contributed by atoms with Gasteiger partial charge in [-0.05, 0) is 50.5 Å². The average Bonchev–Trinajstić information content (AvgIpc) is 2.80. The molecule has 6 nitrogen and oxygen atoms in total. The van der Waals surface area contributed by atoms with Crippen LogP contribution in [-0.4, -0.2) is 22.7 Å². The number of amides is 3. The molecular formula is C20H20N2O4S. The molecule has 2 N–H and O–H groups in total. The first-order valence-electron chi connectivity index (χ1n) is 8.95. The Kier molecular flexibility index (Phi) is 2.86. The summed E-state index contributed by atoms with van der Waals surface area (Å²) in [4.78, 5) is 37.8. The lowest BCUT2D eigenvalue weighted by atomic mass is 9.39. The summed E-state index contributed by atoms with van der Waals surface area (Å²) in [5.74, 6) is -0.255. The molecule has 1 aliphatic carbocycles. The van der Waals surface area contributed by atoms with Crippen LogP contribution in [0.3, 0.4) is 0 Å². The zero-order chi connectivity index (χ0) is 19.5. The molecule has 4 atom stereocenters. The van der Waals surface area contributed by atoms with Crippen LogP contribution >= 0.6 is 11.8 Å². The summed E-state index contributed by atoms with van der Waals surface area (Å²) < 4.78 is 5.21. The van der Waals surface area contributed by atoms with Gasteiger partial charge >= 0.3 is 11.7 Å². The normalized spacial score (nSPS) is 36.4. The largest absolute Gasteiger partial charge is 0.421 e. The van der Waals surface area contributed by atoms with E-state index in [2.05, 4.69) is 24.5 Å². The number of urea groups is 1. The highest BCUT2D eigenvalue weighted by Gasteiger charge is 2.82. The zero-order valence-electron chi connectivity index (χ0n) is 15.8. The molecule has 3 amide bonds. The highest BCUT2D eigenvalue weighted by atomic mass is 32.2. The fraction of sp³-hybridized carbons (Fsp3) is 0.450. The summed E-state index contributed by atoms with van der Waals surface area (Å²) in [6, 6.07) is 2.78. The second-order valence-corrected chi connectivity index (χ2v) is 9.88. The first kappa shape index (κ1) is 16.9. The van der Waals surface area contributed by atoms with Gasteiger partial charge in [0.25, 0.3) is 0 Å². The van der Waals surface area contributed by atoms with Crippen LogP contribution in [0.4, 0.5) is 4.79 Å². The predicted octanol–water partition coefficient (Wildman–Crippen LogP) is 2.76. The number of benzene rings is 1. The van der Waals surface area contributed by atoms with E-state index in [-0.39, 0.29) is 17.6 Å². The molecule has 3 heterocycles. The van der Waals surface area contributed by atoms with Crippen molar-refractivity contribution in [1.82, 2.24) is 10.6 Å². The minimum atomic E-state index is -0.781.